The van der Waals surface area contributed by atoms with Crippen LogP contribution in [0.4, 0.5) is 18.9 Å². The second-order valence-electron chi connectivity index (χ2n) is 6.66. The van der Waals surface area contributed by atoms with Crippen LogP contribution >= 0.6 is 0 Å². The van der Waals surface area contributed by atoms with Crippen LogP contribution in [-0.2, 0) is 4.79 Å². The number of hydrogen-bond acceptors (Lipinski definition) is 3. The van der Waals surface area contributed by atoms with E-state index in [2.05, 4.69) is 4.98 Å². The van der Waals surface area contributed by atoms with Crippen LogP contribution in [0.2, 0.25) is 0 Å². The summed E-state index contributed by atoms with van der Waals surface area (Å²) in [6.07, 6.45) is -4.95. The molecule has 1 heterocycles. The molecule has 0 fully saturated rings. The third kappa shape index (κ3) is 3.78. The Labute approximate surface area is 170 Å². The van der Waals surface area contributed by atoms with Crippen LogP contribution in [0.1, 0.15) is 6.92 Å². The fraction of sp³-hybridized carbons (Fsp3) is 0.130. The standard InChI is InChI=1S/C23H17F3N2O2/c1-2-28(22(29)23(24,25)26)18-12-13-19-20(14-18)30-21(27-19)17-10-8-16(9-11-17)15-6-4-3-5-7-15/h3-14H,2H2,1H3. The molecule has 0 aliphatic rings. The van der Waals surface area contributed by atoms with Crippen molar-refractivity contribution in [3.8, 4) is 22.6 Å². The SMILES string of the molecule is CCN(C(=O)C(F)(F)F)c1ccc2nc(-c3ccc(-c4ccccc4)cc3)oc2c1. The Morgan fingerprint density at radius 1 is 0.933 bits per heavy atom. The normalized spacial score (nSPS) is 11.6. The van der Waals surface area contributed by atoms with Gasteiger partial charge in [-0.15, -0.1) is 0 Å². The largest absolute Gasteiger partial charge is 0.471 e. The summed E-state index contributed by atoms with van der Waals surface area (Å²) < 4.78 is 44.3. The number of alkyl halides is 3. The topological polar surface area (TPSA) is 46.3 Å². The van der Waals surface area contributed by atoms with E-state index in [0.29, 0.717) is 21.9 Å². The number of benzene rings is 3. The molecular formula is C23H17F3N2O2. The molecule has 152 valence electrons. The Hall–Kier alpha value is -3.61. The number of nitrogens with zero attached hydrogens (tertiary/aromatic N) is 2. The van der Waals surface area contributed by atoms with E-state index in [4.69, 9.17) is 4.42 Å². The molecule has 0 N–H and O–H groups in total. The number of aromatic nitrogens is 1. The molecule has 30 heavy (non-hydrogen) atoms. The maximum atomic E-state index is 12.8. The number of halogens is 3. The Morgan fingerprint density at radius 2 is 1.57 bits per heavy atom. The lowest BCUT2D eigenvalue weighted by molar-refractivity contribution is -0.170. The zero-order valence-corrected chi connectivity index (χ0v) is 16.0. The van der Waals surface area contributed by atoms with Crippen molar-refractivity contribution in [2.45, 2.75) is 13.1 Å². The minimum Gasteiger partial charge on any atom is -0.436 e. The maximum absolute atomic E-state index is 12.8. The van der Waals surface area contributed by atoms with Gasteiger partial charge in [0.25, 0.3) is 0 Å². The van der Waals surface area contributed by atoms with Crippen molar-refractivity contribution in [1.82, 2.24) is 4.98 Å². The van der Waals surface area contributed by atoms with Crippen molar-refractivity contribution >= 4 is 22.7 Å². The van der Waals surface area contributed by atoms with Gasteiger partial charge in [0.05, 0.1) is 0 Å². The van der Waals surface area contributed by atoms with E-state index in [0.717, 1.165) is 16.7 Å². The summed E-state index contributed by atoms with van der Waals surface area (Å²) in [7, 11) is 0. The van der Waals surface area contributed by atoms with Gasteiger partial charge in [-0.1, -0.05) is 42.5 Å². The molecule has 0 spiro atoms. The number of carbonyl (C=O) groups is 1. The van der Waals surface area contributed by atoms with Gasteiger partial charge in [-0.2, -0.15) is 13.2 Å². The van der Waals surface area contributed by atoms with Crippen molar-refractivity contribution < 1.29 is 22.4 Å². The lowest BCUT2D eigenvalue weighted by Gasteiger charge is -2.21. The van der Waals surface area contributed by atoms with Gasteiger partial charge in [0.15, 0.2) is 5.58 Å². The first-order chi connectivity index (χ1) is 14.4. The summed E-state index contributed by atoms with van der Waals surface area (Å²) in [5.41, 5.74) is 3.78. The van der Waals surface area contributed by atoms with Crippen molar-refractivity contribution in [2.75, 3.05) is 11.4 Å². The number of amides is 1. The summed E-state index contributed by atoms with van der Waals surface area (Å²) in [5, 5.41) is 0. The molecular weight excluding hydrogens is 393 g/mol. The van der Waals surface area contributed by atoms with Crippen molar-refractivity contribution in [3.63, 3.8) is 0 Å². The lowest BCUT2D eigenvalue weighted by Crippen LogP contribution is -2.41. The first-order valence-corrected chi connectivity index (χ1v) is 9.32. The number of fused-ring (bicyclic) bond motifs is 1. The number of anilines is 1. The second kappa shape index (κ2) is 7.67. The fourth-order valence-corrected chi connectivity index (χ4v) is 3.24. The smallest absolute Gasteiger partial charge is 0.436 e. The molecule has 4 nitrogen and oxygen atoms in total. The highest BCUT2D eigenvalue weighted by molar-refractivity contribution is 5.98. The minimum atomic E-state index is -4.95. The van der Waals surface area contributed by atoms with E-state index in [1.807, 2.05) is 54.6 Å². The summed E-state index contributed by atoms with van der Waals surface area (Å²) in [6, 6.07) is 21.9. The minimum absolute atomic E-state index is 0.106. The average Bonchev–Trinajstić information content (AvgIpc) is 3.18. The van der Waals surface area contributed by atoms with E-state index in [9.17, 15) is 18.0 Å². The van der Waals surface area contributed by atoms with E-state index in [-0.39, 0.29) is 12.2 Å². The molecule has 1 aromatic heterocycles. The first-order valence-electron chi connectivity index (χ1n) is 9.32. The summed E-state index contributed by atoms with van der Waals surface area (Å²) >= 11 is 0. The van der Waals surface area contributed by atoms with Crippen LogP contribution in [0.3, 0.4) is 0 Å². The summed E-state index contributed by atoms with van der Waals surface area (Å²) in [6.45, 7) is 1.36. The predicted octanol–water partition coefficient (Wildman–Crippen LogP) is 6.08. The molecule has 0 aliphatic carbocycles. The number of carbonyl (C=O) groups excluding carboxylic acids is 1. The Balaban J connectivity index is 1.65. The first kappa shape index (κ1) is 19.7. The molecule has 0 saturated carbocycles. The average molecular weight is 410 g/mol. The lowest BCUT2D eigenvalue weighted by atomic mass is 10.0. The summed E-state index contributed by atoms with van der Waals surface area (Å²) in [4.78, 5) is 16.7. The number of rotatable bonds is 4. The molecule has 0 aliphatic heterocycles. The van der Waals surface area contributed by atoms with E-state index in [1.165, 1.54) is 19.1 Å². The van der Waals surface area contributed by atoms with Crippen molar-refractivity contribution in [1.29, 1.82) is 0 Å². The number of hydrogen-bond donors (Lipinski definition) is 0. The van der Waals surface area contributed by atoms with Crippen LogP contribution < -0.4 is 4.90 Å². The maximum Gasteiger partial charge on any atom is 0.471 e. The van der Waals surface area contributed by atoms with Crippen LogP contribution in [0.25, 0.3) is 33.7 Å². The predicted molar refractivity (Wildman–Crippen MR) is 109 cm³/mol. The molecule has 0 bridgehead atoms. The van der Waals surface area contributed by atoms with Crippen LogP contribution in [0.5, 0.6) is 0 Å². The van der Waals surface area contributed by atoms with E-state index >= 15 is 0 Å². The van der Waals surface area contributed by atoms with Gasteiger partial charge < -0.3 is 9.32 Å². The Morgan fingerprint density at radius 3 is 2.20 bits per heavy atom. The highest BCUT2D eigenvalue weighted by Gasteiger charge is 2.42. The van der Waals surface area contributed by atoms with Gasteiger partial charge in [-0.25, -0.2) is 4.98 Å². The van der Waals surface area contributed by atoms with Crippen LogP contribution in [0.15, 0.2) is 77.2 Å². The molecule has 0 unspecified atom stereocenters. The third-order valence-corrected chi connectivity index (χ3v) is 4.73. The quantitative estimate of drug-likeness (QED) is 0.410. The zero-order chi connectivity index (χ0) is 21.3. The molecule has 4 rings (SSSR count). The molecule has 0 saturated heterocycles. The molecule has 0 atom stereocenters. The van der Waals surface area contributed by atoms with Crippen LogP contribution in [-0.4, -0.2) is 23.6 Å². The van der Waals surface area contributed by atoms with E-state index in [1.54, 1.807) is 6.07 Å². The van der Waals surface area contributed by atoms with E-state index < -0.39 is 12.1 Å². The third-order valence-electron chi connectivity index (χ3n) is 4.73. The van der Waals surface area contributed by atoms with Gasteiger partial charge in [0.2, 0.25) is 5.89 Å². The zero-order valence-electron chi connectivity index (χ0n) is 16.0. The van der Waals surface area contributed by atoms with Crippen molar-refractivity contribution in [3.05, 3.63) is 72.8 Å². The highest BCUT2D eigenvalue weighted by Crippen LogP contribution is 2.30. The monoisotopic (exact) mass is 410 g/mol. The van der Waals surface area contributed by atoms with Gasteiger partial charge >= 0.3 is 12.1 Å². The van der Waals surface area contributed by atoms with Gasteiger partial charge in [0, 0.05) is 23.9 Å². The molecule has 0 radical (unpaired) electrons. The molecule has 7 heteroatoms. The molecule has 3 aromatic carbocycles. The molecule has 4 aromatic rings. The van der Waals surface area contributed by atoms with Crippen molar-refractivity contribution in [2.24, 2.45) is 0 Å². The van der Waals surface area contributed by atoms with Gasteiger partial charge in [0.1, 0.15) is 5.52 Å². The Bertz CT molecular complexity index is 1180. The Kier molecular flexibility index (Phi) is 5.03. The number of oxazole rings is 1. The van der Waals surface area contributed by atoms with Crippen LogP contribution in [0, 0.1) is 0 Å². The van der Waals surface area contributed by atoms with Gasteiger partial charge in [-0.3, -0.25) is 4.79 Å². The highest BCUT2D eigenvalue weighted by atomic mass is 19.4. The molecule has 1 amide bonds. The van der Waals surface area contributed by atoms with Gasteiger partial charge in [-0.05, 0) is 42.3 Å². The second-order valence-corrected chi connectivity index (χ2v) is 6.66. The summed E-state index contributed by atoms with van der Waals surface area (Å²) in [5.74, 6) is -1.56. The fourth-order valence-electron chi connectivity index (χ4n) is 3.24.